The number of fused-ring (bicyclic) bond motifs is 1. The van der Waals surface area contributed by atoms with Crippen molar-refractivity contribution in [3.63, 3.8) is 0 Å². The molecule has 1 fully saturated rings. The number of hydrogen-bond donors (Lipinski definition) is 2. The van der Waals surface area contributed by atoms with Gasteiger partial charge >= 0.3 is 6.09 Å². The van der Waals surface area contributed by atoms with E-state index in [4.69, 9.17) is 4.74 Å². The first-order valence-corrected chi connectivity index (χ1v) is 9.64. The van der Waals surface area contributed by atoms with Gasteiger partial charge in [0.2, 0.25) is 0 Å². The van der Waals surface area contributed by atoms with Crippen LogP contribution in [0, 0.1) is 0 Å². The first kappa shape index (κ1) is 17.6. The molecule has 1 heterocycles. The van der Waals surface area contributed by atoms with Crippen molar-refractivity contribution < 1.29 is 14.4 Å². The fraction of sp³-hybridized carbons (Fsp3) is 0.261. The fourth-order valence-electron chi connectivity index (χ4n) is 4.02. The summed E-state index contributed by atoms with van der Waals surface area (Å²) in [6.45, 7) is 2.85. The average Bonchev–Trinajstić information content (AvgIpc) is 3.23. The Morgan fingerprint density at radius 2 is 1.63 bits per heavy atom. The number of amides is 1. The van der Waals surface area contributed by atoms with Crippen LogP contribution in [-0.4, -0.2) is 25.7 Å². The predicted molar refractivity (Wildman–Crippen MR) is 107 cm³/mol. The van der Waals surface area contributed by atoms with Crippen LogP contribution in [0.4, 0.5) is 4.79 Å². The number of likely N-dealkylation sites (tertiary alicyclic amines) is 1. The number of ether oxygens (including phenoxy) is 1. The third kappa shape index (κ3) is 4.12. The molecule has 27 heavy (non-hydrogen) atoms. The molecule has 4 rings (SSSR count). The summed E-state index contributed by atoms with van der Waals surface area (Å²) in [5, 5.41) is 5.50. The lowest BCUT2D eigenvalue weighted by molar-refractivity contribution is -0.918. The van der Waals surface area contributed by atoms with E-state index >= 15 is 0 Å². The van der Waals surface area contributed by atoms with Crippen LogP contribution >= 0.6 is 0 Å². The van der Waals surface area contributed by atoms with Crippen molar-refractivity contribution in [3.05, 3.63) is 78.4 Å². The molecule has 1 aliphatic rings. The zero-order chi connectivity index (χ0) is 18.5. The van der Waals surface area contributed by atoms with Crippen molar-refractivity contribution in [2.45, 2.75) is 18.9 Å². The van der Waals surface area contributed by atoms with E-state index in [1.807, 2.05) is 18.2 Å². The van der Waals surface area contributed by atoms with Gasteiger partial charge in [0, 0.05) is 18.4 Å². The second-order valence-electron chi connectivity index (χ2n) is 7.07. The summed E-state index contributed by atoms with van der Waals surface area (Å²) in [4.78, 5) is 13.8. The monoisotopic (exact) mass is 361 g/mol. The minimum Gasteiger partial charge on any atom is -0.410 e. The zero-order valence-corrected chi connectivity index (χ0v) is 15.4. The molecule has 1 aliphatic heterocycles. The molecular weight excluding hydrogens is 336 g/mol. The van der Waals surface area contributed by atoms with Gasteiger partial charge in [-0.3, -0.25) is 0 Å². The lowest BCUT2D eigenvalue weighted by Crippen LogP contribution is -3.11. The third-order valence-electron chi connectivity index (χ3n) is 5.34. The van der Waals surface area contributed by atoms with Crippen LogP contribution < -0.4 is 15.0 Å². The van der Waals surface area contributed by atoms with E-state index in [1.165, 1.54) is 34.1 Å². The predicted octanol–water partition coefficient (Wildman–Crippen LogP) is 3.35. The first-order valence-electron chi connectivity index (χ1n) is 9.64. The van der Waals surface area contributed by atoms with E-state index in [-0.39, 0.29) is 6.04 Å². The van der Waals surface area contributed by atoms with Crippen molar-refractivity contribution >= 4 is 16.9 Å². The Morgan fingerprint density at radius 1 is 0.926 bits per heavy atom. The number of benzene rings is 3. The normalized spacial score (nSPS) is 15.6. The Bertz CT molecular complexity index is 899. The van der Waals surface area contributed by atoms with Crippen molar-refractivity contribution in [3.8, 4) is 5.75 Å². The molecule has 0 saturated carbocycles. The maximum Gasteiger partial charge on any atom is 0.412 e. The summed E-state index contributed by atoms with van der Waals surface area (Å²) in [5.74, 6) is 0.560. The summed E-state index contributed by atoms with van der Waals surface area (Å²) < 4.78 is 5.39. The summed E-state index contributed by atoms with van der Waals surface area (Å²) >= 11 is 0. The summed E-state index contributed by atoms with van der Waals surface area (Å²) in [5.41, 5.74) is 1.30. The van der Waals surface area contributed by atoms with E-state index < -0.39 is 6.09 Å². The SMILES string of the molecule is O=C(NC[C@@H](c1cccc2ccccc12)[NH+]1CCCC1)Oc1ccccc1. The van der Waals surface area contributed by atoms with Crippen LogP contribution in [0.25, 0.3) is 10.8 Å². The molecule has 3 aromatic rings. The van der Waals surface area contributed by atoms with Gasteiger partial charge in [0.15, 0.2) is 0 Å². The minimum absolute atomic E-state index is 0.224. The van der Waals surface area contributed by atoms with Gasteiger partial charge in [-0.2, -0.15) is 0 Å². The van der Waals surface area contributed by atoms with Gasteiger partial charge in [-0.1, -0.05) is 60.7 Å². The van der Waals surface area contributed by atoms with E-state index in [0.717, 1.165) is 13.1 Å². The van der Waals surface area contributed by atoms with Gasteiger partial charge in [0.1, 0.15) is 11.8 Å². The minimum atomic E-state index is -0.398. The number of carbonyl (C=O) groups excluding carboxylic acids is 1. The maximum absolute atomic E-state index is 12.3. The van der Waals surface area contributed by atoms with Crippen molar-refractivity contribution in [1.29, 1.82) is 0 Å². The van der Waals surface area contributed by atoms with E-state index in [0.29, 0.717) is 12.3 Å². The van der Waals surface area contributed by atoms with Gasteiger partial charge in [0.05, 0.1) is 19.6 Å². The highest BCUT2D eigenvalue weighted by molar-refractivity contribution is 5.86. The summed E-state index contributed by atoms with van der Waals surface area (Å²) in [6.07, 6.45) is 2.08. The third-order valence-corrected chi connectivity index (χ3v) is 5.34. The van der Waals surface area contributed by atoms with E-state index in [2.05, 4.69) is 47.8 Å². The van der Waals surface area contributed by atoms with Crippen LogP contribution in [0.1, 0.15) is 24.4 Å². The standard InChI is InChI=1S/C23H24N2O2/c26-23(27-19-11-2-1-3-12-19)24-17-22(25-15-6-7-16-25)21-14-8-10-18-9-4-5-13-20(18)21/h1-5,8-14,22H,6-7,15-17H2,(H,24,26)/p+1/t22-/m0/s1. The average molecular weight is 361 g/mol. The molecule has 1 amide bonds. The summed E-state index contributed by atoms with van der Waals surface area (Å²) in [6, 6.07) is 24.3. The lowest BCUT2D eigenvalue weighted by Gasteiger charge is -2.26. The highest BCUT2D eigenvalue weighted by Crippen LogP contribution is 2.23. The molecule has 0 aliphatic carbocycles. The van der Waals surface area contributed by atoms with Crippen molar-refractivity contribution in [2.75, 3.05) is 19.6 Å². The highest BCUT2D eigenvalue weighted by Gasteiger charge is 2.29. The van der Waals surface area contributed by atoms with Crippen molar-refractivity contribution in [1.82, 2.24) is 5.32 Å². The van der Waals surface area contributed by atoms with Crippen LogP contribution in [0.3, 0.4) is 0 Å². The molecule has 0 bridgehead atoms. The Labute approximate surface area is 159 Å². The van der Waals surface area contributed by atoms with Crippen LogP contribution in [-0.2, 0) is 0 Å². The Hall–Kier alpha value is -2.85. The molecular formula is C23H25N2O2+. The van der Waals surface area contributed by atoms with Gasteiger partial charge in [-0.25, -0.2) is 4.79 Å². The Balaban J connectivity index is 1.54. The first-order chi connectivity index (χ1) is 13.3. The molecule has 0 radical (unpaired) electrons. The Kier molecular flexibility index (Phi) is 5.35. The van der Waals surface area contributed by atoms with Crippen LogP contribution in [0.2, 0.25) is 0 Å². The summed E-state index contributed by atoms with van der Waals surface area (Å²) in [7, 11) is 0. The van der Waals surface area contributed by atoms with Crippen LogP contribution in [0.5, 0.6) is 5.75 Å². The molecule has 3 aromatic carbocycles. The fourth-order valence-corrected chi connectivity index (χ4v) is 4.02. The molecule has 0 spiro atoms. The van der Waals surface area contributed by atoms with Gasteiger partial charge in [-0.15, -0.1) is 0 Å². The lowest BCUT2D eigenvalue weighted by atomic mass is 9.97. The number of rotatable bonds is 5. The molecule has 4 heteroatoms. The zero-order valence-electron chi connectivity index (χ0n) is 15.4. The molecule has 2 N–H and O–H groups in total. The largest absolute Gasteiger partial charge is 0.412 e. The van der Waals surface area contributed by atoms with Gasteiger partial charge < -0.3 is 15.0 Å². The van der Waals surface area contributed by atoms with Crippen molar-refractivity contribution in [2.24, 2.45) is 0 Å². The Morgan fingerprint density at radius 3 is 2.44 bits per heavy atom. The molecule has 138 valence electrons. The number of carbonyl (C=O) groups is 1. The number of hydrogen-bond acceptors (Lipinski definition) is 2. The molecule has 1 saturated heterocycles. The van der Waals surface area contributed by atoms with E-state index in [1.54, 1.807) is 12.1 Å². The second-order valence-corrected chi connectivity index (χ2v) is 7.07. The maximum atomic E-state index is 12.3. The number of nitrogens with one attached hydrogen (secondary N) is 2. The van der Waals surface area contributed by atoms with Crippen LogP contribution in [0.15, 0.2) is 72.8 Å². The topological polar surface area (TPSA) is 42.8 Å². The van der Waals surface area contributed by atoms with Gasteiger partial charge in [-0.05, 0) is 22.9 Å². The number of quaternary nitrogens is 1. The smallest absolute Gasteiger partial charge is 0.410 e. The quantitative estimate of drug-likeness (QED) is 0.732. The molecule has 1 atom stereocenters. The van der Waals surface area contributed by atoms with E-state index in [9.17, 15) is 4.79 Å². The van der Waals surface area contributed by atoms with Gasteiger partial charge in [0.25, 0.3) is 0 Å². The highest BCUT2D eigenvalue weighted by atomic mass is 16.6. The number of para-hydroxylation sites is 1. The molecule has 4 nitrogen and oxygen atoms in total. The second kappa shape index (κ2) is 8.23. The molecule has 0 aromatic heterocycles. The molecule has 0 unspecified atom stereocenters.